The molecule has 1 heterocycles. The van der Waals surface area contributed by atoms with Crippen molar-refractivity contribution in [2.45, 2.75) is 17.3 Å². The molecular formula is C10H12N6O2S. The summed E-state index contributed by atoms with van der Waals surface area (Å²) < 4.78 is 1.48. The lowest BCUT2D eigenvalue weighted by Crippen LogP contribution is -2.36. The fourth-order valence-corrected chi connectivity index (χ4v) is 2.15. The molecule has 1 aromatic carbocycles. The number of phenolic OH excluding ortho intramolecular Hbond substituents is 1. The summed E-state index contributed by atoms with van der Waals surface area (Å²) in [5.41, 5.74) is 2.76. The van der Waals surface area contributed by atoms with E-state index in [0.29, 0.717) is 10.8 Å². The van der Waals surface area contributed by atoms with Gasteiger partial charge in [0.15, 0.2) is 0 Å². The Balaban J connectivity index is 2.22. The fraction of sp³-hybridized carbons (Fsp3) is 0.200. The van der Waals surface area contributed by atoms with E-state index in [9.17, 15) is 9.90 Å². The Morgan fingerprint density at radius 2 is 2.16 bits per heavy atom. The molecule has 0 spiro atoms. The first-order chi connectivity index (χ1) is 9.11. The van der Waals surface area contributed by atoms with E-state index < -0.39 is 5.25 Å². The minimum atomic E-state index is -0.424. The summed E-state index contributed by atoms with van der Waals surface area (Å²) in [7, 11) is 0. The summed E-state index contributed by atoms with van der Waals surface area (Å²) in [5, 5.41) is 20.5. The zero-order valence-electron chi connectivity index (χ0n) is 10.0. The molecule has 8 nitrogen and oxygen atoms in total. The highest BCUT2D eigenvalue weighted by Gasteiger charge is 2.18. The van der Waals surface area contributed by atoms with Crippen LogP contribution in [0.4, 0.5) is 0 Å². The number of nitrogens with two attached hydrogens (primary N) is 1. The summed E-state index contributed by atoms with van der Waals surface area (Å²) in [4.78, 5) is 11.4. The van der Waals surface area contributed by atoms with E-state index in [1.165, 1.54) is 28.6 Å². The van der Waals surface area contributed by atoms with E-state index in [2.05, 4.69) is 21.0 Å². The number of aromatic nitrogens is 4. The standard InChI is InChI=1S/C10H12N6O2S/c1-6(9(18)12-11)19-10-13-14-15-16(10)7-2-4-8(17)5-3-7/h2-6,17H,11H2,1H3,(H,12,18). The molecule has 0 saturated heterocycles. The van der Waals surface area contributed by atoms with Crippen molar-refractivity contribution < 1.29 is 9.90 Å². The second kappa shape index (κ2) is 5.67. The Labute approximate surface area is 113 Å². The average molecular weight is 280 g/mol. The number of rotatable bonds is 4. The van der Waals surface area contributed by atoms with Crippen LogP contribution in [0.25, 0.3) is 5.69 Å². The maximum atomic E-state index is 11.4. The normalized spacial score (nSPS) is 12.1. The predicted octanol–water partition coefficient (Wildman–Crippen LogP) is -0.162. The van der Waals surface area contributed by atoms with Crippen LogP contribution in [0.15, 0.2) is 29.4 Å². The van der Waals surface area contributed by atoms with Gasteiger partial charge in [-0.05, 0) is 41.6 Å². The van der Waals surface area contributed by atoms with Crippen molar-refractivity contribution in [2.24, 2.45) is 5.84 Å². The molecule has 2 aromatic rings. The van der Waals surface area contributed by atoms with Crippen LogP contribution in [0.1, 0.15) is 6.92 Å². The molecule has 2 rings (SSSR count). The monoisotopic (exact) mass is 280 g/mol. The summed E-state index contributed by atoms with van der Waals surface area (Å²) in [6.07, 6.45) is 0. The van der Waals surface area contributed by atoms with E-state index >= 15 is 0 Å². The fourth-order valence-electron chi connectivity index (χ4n) is 1.34. The van der Waals surface area contributed by atoms with Gasteiger partial charge in [-0.1, -0.05) is 11.8 Å². The van der Waals surface area contributed by atoms with Gasteiger partial charge >= 0.3 is 0 Å². The molecule has 1 aromatic heterocycles. The third kappa shape index (κ3) is 3.01. The van der Waals surface area contributed by atoms with Gasteiger partial charge in [-0.3, -0.25) is 10.2 Å². The molecule has 1 unspecified atom stereocenters. The first kappa shape index (κ1) is 13.3. The molecule has 0 aliphatic carbocycles. The third-order valence-electron chi connectivity index (χ3n) is 2.33. The number of nitrogens with zero attached hydrogens (tertiary/aromatic N) is 4. The Morgan fingerprint density at radius 1 is 1.47 bits per heavy atom. The summed E-state index contributed by atoms with van der Waals surface area (Å²) in [5.74, 6) is 4.91. The molecule has 0 aliphatic heterocycles. The van der Waals surface area contributed by atoms with Gasteiger partial charge in [-0.15, -0.1) is 5.10 Å². The lowest BCUT2D eigenvalue weighted by atomic mass is 10.3. The number of hydrazine groups is 1. The number of aromatic hydroxyl groups is 1. The Morgan fingerprint density at radius 3 is 2.79 bits per heavy atom. The highest BCUT2D eigenvalue weighted by Crippen LogP contribution is 2.23. The number of hydrogen-bond acceptors (Lipinski definition) is 7. The molecule has 4 N–H and O–H groups in total. The Bertz CT molecular complexity index is 570. The largest absolute Gasteiger partial charge is 0.508 e. The zero-order chi connectivity index (χ0) is 13.8. The van der Waals surface area contributed by atoms with Gasteiger partial charge in [-0.2, -0.15) is 4.68 Å². The first-order valence-electron chi connectivity index (χ1n) is 5.36. The number of carbonyl (C=O) groups is 1. The van der Waals surface area contributed by atoms with Crippen LogP contribution in [-0.2, 0) is 4.79 Å². The number of tetrazole rings is 1. The molecule has 0 radical (unpaired) electrons. The number of carbonyl (C=O) groups excluding carboxylic acids is 1. The number of benzene rings is 1. The summed E-state index contributed by atoms with van der Waals surface area (Å²) in [6, 6.07) is 6.40. The Kier molecular flexibility index (Phi) is 3.97. The SMILES string of the molecule is CC(Sc1nnnn1-c1ccc(O)cc1)C(=O)NN. The maximum Gasteiger partial charge on any atom is 0.247 e. The van der Waals surface area contributed by atoms with Gasteiger partial charge in [0.05, 0.1) is 10.9 Å². The van der Waals surface area contributed by atoms with Crippen LogP contribution in [0.5, 0.6) is 5.75 Å². The van der Waals surface area contributed by atoms with Crippen molar-refractivity contribution in [1.29, 1.82) is 0 Å². The van der Waals surface area contributed by atoms with E-state index in [0.717, 1.165) is 0 Å². The Hall–Kier alpha value is -2.13. The van der Waals surface area contributed by atoms with Crippen molar-refractivity contribution in [3.63, 3.8) is 0 Å². The lowest BCUT2D eigenvalue weighted by Gasteiger charge is -2.09. The van der Waals surface area contributed by atoms with Gasteiger partial charge in [0.2, 0.25) is 11.1 Å². The second-order valence-electron chi connectivity index (χ2n) is 3.66. The predicted molar refractivity (Wildman–Crippen MR) is 68.5 cm³/mol. The van der Waals surface area contributed by atoms with Crippen molar-refractivity contribution in [2.75, 3.05) is 0 Å². The van der Waals surface area contributed by atoms with Gasteiger partial charge in [0, 0.05) is 0 Å². The first-order valence-corrected chi connectivity index (χ1v) is 6.24. The van der Waals surface area contributed by atoms with Crippen LogP contribution in [0.2, 0.25) is 0 Å². The molecule has 0 fully saturated rings. The summed E-state index contributed by atoms with van der Waals surface area (Å²) >= 11 is 1.18. The van der Waals surface area contributed by atoms with E-state index in [1.54, 1.807) is 19.1 Å². The zero-order valence-corrected chi connectivity index (χ0v) is 10.8. The molecule has 1 atom stereocenters. The number of thioether (sulfide) groups is 1. The van der Waals surface area contributed by atoms with Crippen LogP contribution >= 0.6 is 11.8 Å². The molecule has 0 bridgehead atoms. The second-order valence-corrected chi connectivity index (χ2v) is 4.97. The minimum absolute atomic E-state index is 0.155. The molecule has 9 heteroatoms. The molecular weight excluding hydrogens is 268 g/mol. The quantitative estimate of drug-likeness (QED) is 0.308. The third-order valence-corrected chi connectivity index (χ3v) is 3.36. The summed E-state index contributed by atoms with van der Waals surface area (Å²) in [6.45, 7) is 1.70. The van der Waals surface area contributed by atoms with E-state index in [1.807, 2.05) is 0 Å². The van der Waals surface area contributed by atoms with Crippen molar-refractivity contribution in [1.82, 2.24) is 25.6 Å². The lowest BCUT2D eigenvalue weighted by molar-refractivity contribution is -0.120. The number of amides is 1. The highest BCUT2D eigenvalue weighted by atomic mass is 32.2. The molecule has 100 valence electrons. The van der Waals surface area contributed by atoms with E-state index in [4.69, 9.17) is 5.84 Å². The molecule has 0 aliphatic rings. The smallest absolute Gasteiger partial charge is 0.247 e. The van der Waals surface area contributed by atoms with Crippen molar-refractivity contribution in [3.8, 4) is 11.4 Å². The van der Waals surface area contributed by atoms with Gasteiger partial charge in [0.25, 0.3) is 0 Å². The van der Waals surface area contributed by atoms with Crippen LogP contribution < -0.4 is 11.3 Å². The van der Waals surface area contributed by atoms with E-state index in [-0.39, 0.29) is 11.7 Å². The van der Waals surface area contributed by atoms with Crippen LogP contribution in [0.3, 0.4) is 0 Å². The van der Waals surface area contributed by atoms with Crippen molar-refractivity contribution in [3.05, 3.63) is 24.3 Å². The molecule has 1 amide bonds. The number of hydrogen-bond donors (Lipinski definition) is 3. The topological polar surface area (TPSA) is 119 Å². The molecule has 0 saturated carbocycles. The number of nitrogens with one attached hydrogen (secondary N) is 1. The van der Waals surface area contributed by atoms with Gasteiger partial charge < -0.3 is 5.11 Å². The minimum Gasteiger partial charge on any atom is -0.508 e. The highest BCUT2D eigenvalue weighted by molar-refractivity contribution is 8.00. The van der Waals surface area contributed by atoms with Gasteiger partial charge in [0.1, 0.15) is 5.75 Å². The van der Waals surface area contributed by atoms with Gasteiger partial charge in [-0.25, -0.2) is 5.84 Å². The number of phenols is 1. The van der Waals surface area contributed by atoms with Crippen LogP contribution in [0, 0.1) is 0 Å². The molecule has 19 heavy (non-hydrogen) atoms. The average Bonchev–Trinajstić information content (AvgIpc) is 2.86. The van der Waals surface area contributed by atoms with Crippen molar-refractivity contribution >= 4 is 17.7 Å². The maximum absolute atomic E-state index is 11.4. The van der Waals surface area contributed by atoms with Crippen LogP contribution in [-0.4, -0.2) is 36.5 Å².